The Labute approximate surface area is 106 Å². The van der Waals surface area contributed by atoms with Crippen molar-refractivity contribution in [3.63, 3.8) is 0 Å². The van der Waals surface area contributed by atoms with Gasteiger partial charge in [0.25, 0.3) is 10.0 Å². The van der Waals surface area contributed by atoms with E-state index >= 15 is 0 Å². The van der Waals surface area contributed by atoms with Crippen LogP contribution in [0.15, 0.2) is 41.7 Å². The first kappa shape index (κ1) is 12.4. The summed E-state index contributed by atoms with van der Waals surface area (Å²) in [6.45, 7) is 2.73. The predicted molar refractivity (Wildman–Crippen MR) is 70.0 cm³/mol. The lowest BCUT2D eigenvalue weighted by atomic mass is 10.4. The van der Waals surface area contributed by atoms with Gasteiger partial charge in [-0.15, -0.1) is 0 Å². The van der Waals surface area contributed by atoms with Crippen molar-refractivity contribution in [1.82, 2.24) is 9.97 Å². The van der Waals surface area contributed by atoms with Gasteiger partial charge in [0.2, 0.25) is 0 Å². The summed E-state index contributed by atoms with van der Waals surface area (Å²) in [4.78, 5) is 6.73. The molecule has 18 heavy (non-hydrogen) atoms. The molecule has 0 aromatic carbocycles. The van der Waals surface area contributed by atoms with Crippen molar-refractivity contribution < 1.29 is 8.42 Å². The topological polar surface area (TPSA) is 86.9 Å². The number of H-pyrrole nitrogens is 1. The van der Waals surface area contributed by atoms with Crippen LogP contribution in [0.3, 0.4) is 0 Å². The van der Waals surface area contributed by atoms with Crippen LogP contribution in [-0.2, 0) is 10.0 Å². The highest BCUT2D eigenvalue weighted by Crippen LogP contribution is 2.14. The normalized spacial score (nSPS) is 11.2. The third-order valence-corrected chi connectivity index (χ3v) is 3.57. The highest BCUT2D eigenvalue weighted by Gasteiger charge is 2.14. The van der Waals surface area contributed by atoms with Gasteiger partial charge in [0.05, 0.1) is 11.9 Å². The molecule has 0 aliphatic rings. The van der Waals surface area contributed by atoms with Crippen LogP contribution in [0.5, 0.6) is 0 Å². The first-order valence-corrected chi connectivity index (χ1v) is 6.96. The molecular weight excluding hydrogens is 252 g/mol. The smallest absolute Gasteiger partial charge is 0.277 e. The Morgan fingerprint density at radius 1 is 1.33 bits per heavy atom. The number of nitrogens with one attached hydrogen (secondary N) is 3. The van der Waals surface area contributed by atoms with E-state index in [9.17, 15) is 8.42 Å². The van der Waals surface area contributed by atoms with Gasteiger partial charge >= 0.3 is 0 Å². The second kappa shape index (κ2) is 5.09. The summed E-state index contributed by atoms with van der Waals surface area (Å²) in [7, 11) is -3.56. The quantitative estimate of drug-likeness (QED) is 0.768. The summed E-state index contributed by atoms with van der Waals surface area (Å²) in [5, 5.41) is 3.15. The first-order chi connectivity index (χ1) is 8.62. The fourth-order valence-electron chi connectivity index (χ4n) is 1.43. The van der Waals surface area contributed by atoms with Crippen molar-refractivity contribution in [2.45, 2.75) is 11.9 Å². The van der Waals surface area contributed by atoms with E-state index in [0.717, 1.165) is 6.54 Å². The lowest BCUT2D eigenvalue weighted by molar-refractivity contribution is 0.598. The van der Waals surface area contributed by atoms with Gasteiger partial charge in [-0.25, -0.2) is 4.98 Å². The van der Waals surface area contributed by atoms with Crippen LogP contribution >= 0.6 is 0 Å². The van der Waals surface area contributed by atoms with Crippen molar-refractivity contribution in [2.24, 2.45) is 0 Å². The van der Waals surface area contributed by atoms with Gasteiger partial charge < -0.3 is 10.3 Å². The average molecular weight is 266 g/mol. The van der Waals surface area contributed by atoms with Crippen molar-refractivity contribution >= 4 is 21.5 Å². The molecule has 0 radical (unpaired) electrons. The van der Waals surface area contributed by atoms with Gasteiger partial charge in [0, 0.05) is 12.7 Å². The lowest BCUT2D eigenvalue weighted by Crippen LogP contribution is -2.13. The zero-order valence-electron chi connectivity index (χ0n) is 9.84. The zero-order chi connectivity index (χ0) is 13.0. The molecule has 3 N–H and O–H groups in total. The number of pyridine rings is 1. The van der Waals surface area contributed by atoms with Gasteiger partial charge in [-0.05, 0) is 31.2 Å². The fourth-order valence-corrected chi connectivity index (χ4v) is 2.45. The summed E-state index contributed by atoms with van der Waals surface area (Å²) in [5.74, 6) is 0.709. The second-order valence-electron chi connectivity index (χ2n) is 3.60. The van der Waals surface area contributed by atoms with E-state index in [4.69, 9.17) is 0 Å². The number of anilines is 2. The maximum absolute atomic E-state index is 11.9. The number of sulfonamides is 1. The molecule has 2 aromatic rings. The molecule has 0 fully saturated rings. The van der Waals surface area contributed by atoms with Crippen molar-refractivity contribution in [2.75, 3.05) is 16.6 Å². The monoisotopic (exact) mass is 266 g/mol. The molecule has 0 aliphatic carbocycles. The number of hydrogen-bond acceptors (Lipinski definition) is 4. The molecule has 7 heteroatoms. The maximum atomic E-state index is 11.9. The van der Waals surface area contributed by atoms with Gasteiger partial charge in [-0.1, -0.05) is 0 Å². The van der Waals surface area contributed by atoms with E-state index < -0.39 is 10.0 Å². The Balaban J connectivity index is 2.14. The predicted octanol–water partition coefficient (Wildman–Crippen LogP) is 1.64. The van der Waals surface area contributed by atoms with Crippen molar-refractivity contribution in [3.8, 4) is 0 Å². The Morgan fingerprint density at radius 2 is 2.17 bits per heavy atom. The van der Waals surface area contributed by atoms with Crippen LogP contribution in [0.1, 0.15) is 6.92 Å². The zero-order valence-corrected chi connectivity index (χ0v) is 10.7. The summed E-state index contributed by atoms with van der Waals surface area (Å²) in [6, 6.07) is 6.49. The Hall–Kier alpha value is -2.02. The molecule has 0 aliphatic heterocycles. The third-order valence-electron chi connectivity index (χ3n) is 2.23. The minimum atomic E-state index is -3.56. The summed E-state index contributed by atoms with van der Waals surface area (Å²) in [5.41, 5.74) is 0.422. The van der Waals surface area contributed by atoms with Gasteiger partial charge in [0.15, 0.2) is 5.03 Å². The molecule has 2 aromatic heterocycles. The van der Waals surface area contributed by atoms with Crippen LogP contribution in [0, 0.1) is 0 Å². The Morgan fingerprint density at radius 3 is 2.72 bits per heavy atom. The first-order valence-electron chi connectivity index (χ1n) is 5.48. The molecule has 96 valence electrons. The molecule has 2 rings (SSSR count). The van der Waals surface area contributed by atoms with Gasteiger partial charge in [0.1, 0.15) is 5.82 Å². The molecule has 0 unspecified atom stereocenters. The highest BCUT2D eigenvalue weighted by atomic mass is 32.2. The summed E-state index contributed by atoms with van der Waals surface area (Å²) >= 11 is 0. The van der Waals surface area contributed by atoms with E-state index in [-0.39, 0.29) is 5.03 Å². The van der Waals surface area contributed by atoms with Crippen LogP contribution in [0.25, 0.3) is 0 Å². The Bertz CT molecular complexity index is 590. The van der Waals surface area contributed by atoms with Gasteiger partial charge in [-0.3, -0.25) is 4.72 Å². The molecule has 0 spiro atoms. The maximum Gasteiger partial charge on any atom is 0.277 e. The molecule has 6 nitrogen and oxygen atoms in total. The molecule has 0 saturated heterocycles. The molecule has 0 saturated carbocycles. The van der Waals surface area contributed by atoms with Crippen LogP contribution in [0.2, 0.25) is 0 Å². The average Bonchev–Trinajstić information content (AvgIpc) is 2.86. The van der Waals surface area contributed by atoms with Crippen LogP contribution in [-0.4, -0.2) is 24.9 Å². The molecule has 0 amide bonds. The fraction of sp³-hybridized carbons (Fsp3) is 0.182. The number of hydrogen-bond donors (Lipinski definition) is 3. The lowest BCUT2D eigenvalue weighted by Gasteiger charge is -2.07. The Kier molecular flexibility index (Phi) is 3.52. The standard InChI is InChI=1S/C11H14N4O2S/c1-2-12-10-6-5-9(8-14-10)15-18(16,17)11-4-3-7-13-11/h3-8,13,15H,2H2,1H3,(H,12,14). The number of aromatic amines is 1. The second-order valence-corrected chi connectivity index (χ2v) is 5.25. The van der Waals surface area contributed by atoms with Crippen LogP contribution < -0.4 is 10.0 Å². The third kappa shape index (κ3) is 2.80. The van der Waals surface area contributed by atoms with E-state index in [1.165, 1.54) is 12.3 Å². The SMILES string of the molecule is CCNc1ccc(NS(=O)(=O)c2ccc[nH]2)cn1. The molecule has 0 bridgehead atoms. The van der Waals surface area contributed by atoms with Crippen molar-refractivity contribution in [3.05, 3.63) is 36.7 Å². The number of nitrogens with zero attached hydrogens (tertiary/aromatic N) is 1. The van der Waals surface area contributed by atoms with E-state index in [2.05, 4.69) is 20.0 Å². The summed E-state index contributed by atoms with van der Waals surface area (Å²) < 4.78 is 26.2. The molecular formula is C11H14N4O2S. The van der Waals surface area contributed by atoms with Gasteiger partial charge in [-0.2, -0.15) is 8.42 Å². The minimum Gasteiger partial charge on any atom is -0.370 e. The van der Waals surface area contributed by atoms with E-state index in [1.807, 2.05) is 6.92 Å². The largest absolute Gasteiger partial charge is 0.370 e. The van der Waals surface area contributed by atoms with Crippen molar-refractivity contribution in [1.29, 1.82) is 0 Å². The number of aromatic nitrogens is 2. The number of rotatable bonds is 5. The molecule has 0 atom stereocenters. The minimum absolute atomic E-state index is 0.123. The van der Waals surface area contributed by atoms with E-state index in [0.29, 0.717) is 11.5 Å². The summed E-state index contributed by atoms with van der Waals surface area (Å²) in [6.07, 6.45) is 3.03. The van der Waals surface area contributed by atoms with Crippen LogP contribution in [0.4, 0.5) is 11.5 Å². The van der Waals surface area contributed by atoms with E-state index in [1.54, 1.807) is 24.4 Å². The highest BCUT2D eigenvalue weighted by molar-refractivity contribution is 7.92. The molecule has 2 heterocycles.